The Hall–Kier alpha value is -2.93. The van der Waals surface area contributed by atoms with E-state index in [1.54, 1.807) is 27.6 Å². The maximum atomic E-state index is 12.7. The second-order valence-corrected chi connectivity index (χ2v) is 9.83. The minimum absolute atomic E-state index is 0.0250. The van der Waals surface area contributed by atoms with E-state index in [1.165, 1.54) is 9.75 Å². The molecular weight excluding hydrogens is 475 g/mol. The zero-order valence-corrected chi connectivity index (χ0v) is 19.8. The summed E-state index contributed by atoms with van der Waals surface area (Å²) < 4.78 is 33.4. The highest BCUT2D eigenvalue weighted by atomic mass is 32.1. The molecule has 1 unspecified atom stereocenters. The van der Waals surface area contributed by atoms with Crippen molar-refractivity contribution in [3.8, 4) is 0 Å². The maximum absolute atomic E-state index is 12.7. The van der Waals surface area contributed by atoms with Gasteiger partial charge in [0.05, 0.1) is 24.0 Å². The fourth-order valence-corrected chi connectivity index (χ4v) is 5.23. The zero-order valence-electron chi connectivity index (χ0n) is 19.0. The van der Waals surface area contributed by atoms with E-state index in [2.05, 4.69) is 29.1 Å². The molecule has 2 aromatic heterocycles. The molecule has 2 aliphatic heterocycles. The summed E-state index contributed by atoms with van der Waals surface area (Å²) in [6, 6.07) is 4.33. The van der Waals surface area contributed by atoms with Crippen molar-refractivity contribution in [2.24, 2.45) is 7.05 Å². The van der Waals surface area contributed by atoms with E-state index in [9.17, 15) is 22.8 Å². The minimum atomic E-state index is -5.08. The van der Waals surface area contributed by atoms with Crippen molar-refractivity contribution in [1.82, 2.24) is 19.6 Å². The predicted molar refractivity (Wildman–Crippen MR) is 118 cm³/mol. The molecule has 0 aliphatic carbocycles. The maximum Gasteiger partial charge on any atom is 0.490 e. The molecular formula is C21H26F3N5O4S. The lowest BCUT2D eigenvalue weighted by atomic mass is 9.92. The first-order chi connectivity index (χ1) is 15.8. The summed E-state index contributed by atoms with van der Waals surface area (Å²) in [4.78, 5) is 42.6. The number of anilines is 1. The van der Waals surface area contributed by atoms with Crippen LogP contribution in [-0.4, -0.2) is 80.4 Å². The van der Waals surface area contributed by atoms with Crippen LogP contribution in [0.1, 0.15) is 23.1 Å². The molecule has 1 atom stereocenters. The Bertz CT molecular complexity index is 1070. The number of carboxylic acid groups (broad SMARTS) is 1. The van der Waals surface area contributed by atoms with Gasteiger partial charge in [-0.1, -0.05) is 0 Å². The Kier molecular flexibility index (Phi) is 7.36. The summed E-state index contributed by atoms with van der Waals surface area (Å²) in [5, 5.41) is 11.3. The first kappa shape index (κ1) is 25.7. The standard InChI is InChI=1S/C19H25N5O2S.C2HF3O2/c1-14-4-5-17(27-14)10-22-7-6-19(12-22)13-23(16-8-20-21(3)9-16)18(26)11-24(19)15(2)25;3-2(4,5)1(6)7/h4-5,8-9H,6-7,10-13H2,1-3H3;(H,6,7). The highest BCUT2D eigenvalue weighted by Crippen LogP contribution is 2.35. The molecule has 2 aliphatic rings. The fourth-order valence-electron chi connectivity index (χ4n) is 4.30. The largest absolute Gasteiger partial charge is 0.490 e. The first-order valence-corrected chi connectivity index (χ1v) is 11.3. The zero-order chi connectivity index (χ0) is 25.3. The number of carbonyl (C=O) groups excluding carboxylic acids is 2. The van der Waals surface area contributed by atoms with Gasteiger partial charge in [0.15, 0.2) is 0 Å². The molecule has 4 rings (SSSR count). The van der Waals surface area contributed by atoms with E-state index in [0.29, 0.717) is 6.54 Å². The molecule has 1 N–H and O–H groups in total. The monoisotopic (exact) mass is 501 g/mol. The molecule has 0 saturated carbocycles. The normalized spacial score (nSPS) is 21.1. The van der Waals surface area contributed by atoms with Gasteiger partial charge in [0.1, 0.15) is 6.54 Å². The van der Waals surface area contributed by atoms with Crippen LogP contribution in [0.5, 0.6) is 0 Å². The van der Waals surface area contributed by atoms with Crippen molar-refractivity contribution >= 4 is 34.8 Å². The summed E-state index contributed by atoms with van der Waals surface area (Å²) in [6.45, 7) is 6.96. The molecule has 2 aromatic rings. The Morgan fingerprint density at radius 1 is 1.26 bits per heavy atom. The molecule has 2 fully saturated rings. The second-order valence-electron chi connectivity index (χ2n) is 8.46. The number of alkyl halides is 3. The number of hydrogen-bond donors (Lipinski definition) is 1. The fraction of sp³-hybridized carbons (Fsp3) is 0.524. The van der Waals surface area contributed by atoms with Crippen molar-refractivity contribution in [3.05, 3.63) is 34.3 Å². The molecule has 0 bridgehead atoms. The van der Waals surface area contributed by atoms with Crippen LogP contribution < -0.4 is 4.90 Å². The molecule has 4 heterocycles. The lowest BCUT2D eigenvalue weighted by molar-refractivity contribution is -0.192. The number of hydrogen-bond acceptors (Lipinski definition) is 6. The van der Waals surface area contributed by atoms with Crippen LogP contribution in [-0.2, 0) is 28.0 Å². The van der Waals surface area contributed by atoms with Gasteiger partial charge >= 0.3 is 12.1 Å². The van der Waals surface area contributed by atoms with Crippen molar-refractivity contribution in [2.75, 3.05) is 31.1 Å². The van der Waals surface area contributed by atoms with Crippen LogP contribution in [0.25, 0.3) is 0 Å². The number of carboxylic acids is 1. The number of likely N-dealkylation sites (tertiary alicyclic amines) is 1. The Labute approximate surface area is 198 Å². The molecule has 2 amide bonds. The number of carbonyl (C=O) groups is 3. The third-order valence-corrected chi connectivity index (χ3v) is 6.82. The number of halogens is 3. The lowest BCUT2D eigenvalue weighted by Crippen LogP contribution is -2.66. The SMILES string of the molecule is CC(=O)N1CC(=O)N(c2cnn(C)c2)CC12CCN(Cc1ccc(C)s1)C2.O=C(O)C(F)(F)F. The van der Waals surface area contributed by atoms with E-state index in [0.717, 1.165) is 31.7 Å². The Balaban J connectivity index is 0.000000406. The Morgan fingerprint density at radius 2 is 1.94 bits per heavy atom. The van der Waals surface area contributed by atoms with Crippen LogP contribution >= 0.6 is 11.3 Å². The van der Waals surface area contributed by atoms with Crippen LogP contribution in [0.3, 0.4) is 0 Å². The summed E-state index contributed by atoms with van der Waals surface area (Å²) in [6.07, 6.45) is -0.632. The van der Waals surface area contributed by atoms with Crippen LogP contribution in [0.4, 0.5) is 18.9 Å². The van der Waals surface area contributed by atoms with Gasteiger partial charge in [-0.25, -0.2) is 4.79 Å². The van der Waals surface area contributed by atoms with E-state index in [1.807, 2.05) is 24.6 Å². The number of piperazine rings is 1. The van der Waals surface area contributed by atoms with Crippen LogP contribution in [0.15, 0.2) is 24.5 Å². The Morgan fingerprint density at radius 3 is 2.44 bits per heavy atom. The van der Waals surface area contributed by atoms with E-state index >= 15 is 0 Å². The van der Waals surface area contributed by atoms with Gasteiger partial charge in [-0.15, -0.1) is 11.3 Å². The third kappa shape index (κ3) is 5.76. The molecule has 34 heavy (non-hydrogen) atoms. The van der Waals surface area contributed by atoms with Gasteiger partial charge < -0.3 is 14.9 Å². The average Bonchev–Trinajstić information content (AvgIpc) is 3.45. The van der Waals surface area contributed by atoms with Crippen molar-refractivity contribution in [1.29, 1.82) is 0 Å². The molecule has 186 valence electrons. The van der Waals surface area contributed by atoms with Crippen LogP contribution in [0, 0.1) is 6.92 Å². The summed E-state index contributed by atoms with van der Waals surface area (Å²) in [5.41, 5.74) is 0.472. The lowest BCUT2D eigenvalue weighted by Gasteiger charge is -2.48. The minimum Gasteiger partial charge on any atom is -0.475 e. The smallest absolute Gasteiger partial charge is 0.475 e. The average molecular weight is 502 g/mol. The number of aliphatic carboxylic acids is 1. The number of amides is 2. The summed E-state index contributed by atoms with van der Waals surface area (Å²) in [7, 11) is 1.84. The number of rotatable bonds is 3. The third-order valence-electron chi connectivity index (χ3n) is 5.83. The van der Waals surface area contributed by atoms with Gasteiger partial charge in [-0.2, -0.15) is 18.3 Å². The van der Waals surface area contributed by atoms with Crippen molar-refractivity contribution in [2.45, 2.75) is 38.5 Å². The van der Waals surface area contributed by atoms with Crippen molar-refractivity contribution < 1.29 is 32.7 Å². The predicted octanol–water partition coefficient (Wildman–Crippen LogP) is 2.26. The van der Waals surface area contributed by atoms with Crippen LogP contribution in [0.2, 0.25) is 0 Å². The highest BCUT2D eigenvalue weighted by Gasteiger charge is 2.50. The van der Waals surface area contributed by atoms with Gasteiger partial charge in [0, 0.05) is 49.6 Å². The van der Waals surface area contributed by atoms with Gasteiger partial charge in [-0.3, -0.25) is 19.2 Å². The van der Waals surface area contributed by atoms with E-state index in [-0.39, 0.29) is 23.9 Å². The topological polar surface area (TPSA) is 99.0 Å². The van der Waals surface area contributed by atoms with Gasteiger partial charge in [-0.05, 0) is 25.5 Å². The molecule has 1 spiro atoms. The first-order valence-electron chi connectivity index (χ1n) is 10.5. The highest BCUT2D eigenvalue weighted by molar-refractivity contribution is 7.11. The molecule has 2 saturated heterocycles. The van der Waals surface area contributed by atoms with E-state index in [4.69, 9.17) is 9.90 Å². The number of nitrogens with zero attached hydrogens (tertiary/aromatic N) is 5. The molecule has 13 heteroatoms. The van der Waals surface area contributed by atoms with E-state index < -0.39 is 12.1 Å². The summed E-state index contributed by atoms with van der Waals surface area (Å²) >= 11 is 1.82. The van der Waals surface area contributed by atoms with Gasteiger partial charge in [0.2, 0.25) is 11.8 Å². The second kappa shape index (κ2) is 9.74. The quantitative estimate of drug-likeness (QED) is 0.693. The number of aryl methyl sites for hydroxylation is 2. The van der Waals surface area contributed by atoms with Gasteiger partial charge in [0.25, 0.3) is 0 Å². The number of aromatic nitrogens is 2. The molecule has 9 nitrogen and oxygen atoms in total. The molecule has 0 radical (unpaired) electrons. The van der Waals surface area contributed by atoms with Crippen molar-refractivity contribution in [3.63, 3.8) is 0 Å². The molecule has 0 aromatic carbocycles. The summed E-state index contributed by atoms with van der Waals surface area (Å²) in [5.74, 6) is -2.83. The number of thiophene rings is 1.